The van der Waals surface area contributed by atoms with Crippen molar-refractivity contribution in [3.63, 3.8) is 0 Å². The predicted octanol–water partition coefficient (Wildman–Crippen LogP) is 3.57. The van der Waals surface area contributed by atoms with Crippen molar-refractivity contribution >= 4 is 35.2 Å². The lowest BCUT2D eigenvalue weighted by Crippen LogP contribution is -1.98. The fourth-order valence-electron chi connectivity index (χ4n) is 0.991. The van der Waals surface area contributed by atoms with E-state index in [1.54, 1.807) is 31.2 Å². The molecule has 0 bridgehead atoms. The van der Waals surface area contributed by atoms with Gasteiger partial charge in [0.05, 0.1) is 6.61 Å². The molecule has 0 amide bonds. The summed E-state index contributed by atoms with van der Waals surface area (Å²) in [5.41, 5.74) is 0.692. The van der Waals surface area contributed by atoms with E-state index in [1.165, 1.54) is 6.08 Å². The summed E-state index contributed by atoms with van der Waals surface area (Å²) in [4.78, 5) is 11.0. The monoisotopic (exact) mass is 244 g/mol. The first-order valence-corrected chi connectivity index (χ1v) is 5.19. The Morgan fingerprint density at radius 2 is 2.20 bits per heavy atom. The molecule has 0 aromatic heterocycles. The number of esters is 1. The SMILES string of the molecule is CCOC(=O)/C=C/c1cc(Cl)ccc1Cl. The second-order valence-electron chi connectivity index (χ2n) is 2.75. The van der Waals surface area contributed by atoms with Gasteiger partial charge in [-0.1, -0.05) is 23.2 Å². The minimum Gasteiger partial charge on any atom is -0.463 e. The van der Waals surface area contributed by atoms with Gasteiger partial charge in [-0.25, -0.2) is 4.79 Å². The molecular weight excluding hydrogens is 235 g/mol. The number of benzene rings is 1. The molecule has 1 aromatic rings. The smallest absolute Gasteiger partial charge is 0.330 e. The highest BCUT2D eigenvalue weighted by molar-refractivity contribution is 6.34. The van der Waals surface area contributed by atoms with Gasteiger partial charge in [0.25, 0.3) is 0 Å². The van der Waals surface area contributed by atoms with E-state index < -0.39 is 5.97 Å². The zero-order valence-electron chi connectivity index (χ0n) is 8.17. The number of rotatable bonds is 3. The van der Waals surface area contributed by atoms with Gasteiger partial charge in [0, 0.05) is 16.1 Å². The molecule has 0 aliphatic rings. The summed E-state index contributed by atoms with van der Waals surface area (Å²) in [6.45, 7) is 2.10. The second-order valence-corrected chi connectivity index (χ2v) is 3.59. The van der Waals surface area contributed by atoms with Crippen LogP contribution in [-0.4, -0.2) is 12.6 Å². The third-order valence-corrected chi connectivity index (χ3v) is 2.22. The van der Waals surface area contributed by atoms with Crippen LogP contribution in [0, 0.1) is 0 Å². The van der Waals surface area contributed by atoms with E-state index in [2.05, 4.69) is 0 Å². The first-order chi connectivity index (χ1) is 7.13. The van der Waals surface area contributed by atoms with E-state index in [9.17, 15) is 4.79 Å². The molecule has 80 valence electrons. The third-order valence-electron chi connectivity index (χ3n) is 1.64. The first kappa shape index (κ1) is 12.1. The van der Waals surface area contributed by atoms with Crippen LogP contribution in [0.15, 0.2) is 24.3 Å². The molecule has 0 aliphatic heterocycles. The molecule has 0 heterocycles. The number of hydrogen-bond donors (Lipinski definition) is 0. The van der Waals surface area contributed by atoms with E-state index in [0.29, 0.717) is 22.2 Å². The van der Waals surface area contributed by atoms with Crippen LogP contribution in [0.5, 0.6) is 0 Å². The van der Waals surface area contributed by atoms with Gasteiger partial charge in [0.15, 0.2) is 0 Å². The predicted molar refractivity (Wildman–Crippen MR) is 62.1 cm³/mol. The Hall–Kier alpha value is -0.990. The van der Waals surface area contributed by atoms with Crippen LogP contribution in [0.4, 0.5) is 0 Å². The zero-order chi connectivity index (χ0) is 11.3. The molecule has 0 atom stereocenters. The Kier molecular flexibility index (Phi) is 4.66. The largest absolute Gasteiger partial charge is 0.463 e. The molecular formula is C11H10Cl2O2. The number of halogens is 2. The average Bonchev–Trinajstić information content (AvgIpc) is 2.20. The van der Waals surface area contributed by atoms with Gasteiger partial charge in [0.2, 0.25) is 0 Å². The molecule has 0 fully saturated rings. The topological polar surface area (TPSA) is 26.3 Å². The second kappa shape index (κ2) is 5.79. The summed E-state index contributed by atoms with van der Waals surface area (Å²) in [6, 6.07) is 5.04. The Morgan fingerprint density at radius 3 is 2.87 bits per heavy atom. The number of ether oxygens (including phenoxy) is 1. The summed E-state index contributed by atoms with van der Waals surface area (Å²) in [7, 11) is 0. The summed E-state index contributed by atoms with van der Waals surface area (Å²) >= 11 is 11.7. The Balaban J connectivity index is 2.79. The van der Waals surface area contributed by atoms with E-state index in [-0.39, 0.29) is 0 Å². The normalized spacial score (nSPS) is 10.6. The van der Waals surface area contributed by atoms with Crippen LogP contribution in [-0.2, 0) is 9.53 Å². The summed E-state index contributed by atoms with van der Waals surface area (Å²) < 4.78 is 4.73. The minimum absolute atomic E-state index is 0.354. The molecule has 0 aliphatic carbocycles. The number of carbonyl (C=O) groups is 1. The fourth-order valence-corrected chi connectivity index (χ4v) is 1.35. The maximum absolute atomic E-state index is 11.0. The minimum atomic E-state index is -0.395. The summed E-state index contributed by atoms with van der Waals surface area (Å²) in [6.07, 6.45) is 2.90. The quantitative estimate of drug-likeness (QED) is 0.601. The van der Waals surface area contributed by atoms with E-state index in [4.69, 9.17) is 27.9 Å². The summed E-state index contributed by atoms with van der Waals surface area (Å²) in [5.74, 6) is -0.395. The highest BCUT2D eigenvalue weighted by Gasteiger charge is 1.99. The van der Waals surface area contributed by atoms with Gasteiger partial charge in [0.1, 0.15) is 0 Å². The van der Waals surface area contributed by atoms with Crippen molar-refractivity contribution in [1.29, 1.82) is 0 Å². The van der Waals surface area contributed by atoms with Crippen LogP contribution in [0.3, 0.4) is 0 Å². The fraction of sp³-hybridized carbons (Fsp3) is 0.182. The zero-order valence-corrected chi connectivity index (χ0v) is 9.68. The lowest BCUT2D eigenvalue weighted by atomic mass is 10.2. The van der Waals surface area contributed by atoms with Crippen molar-refractivity contribution in [2.45, 2.75) is 6.92 Å². The van der Waals surface area contributed by atoms with Crippen molar-refractivity contribution in [3.05, 3.63) is 39.9 Å². The van der Waals surface area contributed by atoms with Crippen molar-refractivity contribution < 1.29 is 9.53 Å². The van der Waals surface area contributed by atoms with Crippen molar-refractivity contribution in [1.82, 2.24) is 0 Å². The Labute approximate surface area is 98.4 Å². The van der Waals surface area contributed by atoms with Crippen LogP contribution in [0.1, 0.15) is 12.5 Å². The molecule has 0 radical (unpaired) electrons. The molecule has 1 rings (SSSR count). The molecule has 0 N–H and O–H groups in total. The van der Waals surface area contributed by atoms with Crippen molar-refractivity contribution in [2.24, 2.45) is 0 Å². The van der Waals surface area contributed by atoms with Crippen LogP contribution in [0.25, 0.3) is 6.08 Å². The Bertz CT molecular complexity index is 386. The summed E-state index contributed by atoms with van der Waals surface area (Å²) in [5, 5.41) is 1.11. The lowest BCUT2D eigenvalue weighted by Gasteiger charge is -1.99. The van der Waals surface area contributed by atoms with Gasteiger partial charge in [-0.2, -0.15) is 0 Å². The number of hydrogen-bond acceptors (Lipinski definition) is 2. The van der Waals surface area contributed by atoms with Gasteiger partial charge in [-0.05, 0) is 36.8 Å². The molecule has 0 spiro atoms. The molecule has 0 saturated heterocycles. The van der Waals surface area contributed by atoms with Gasteiger partial charge in [-0.3, -0.25) is 0 Å². The van der Waals surface area contributed by atoms with Gasteiger partial charge < -0.3 is 4.74 Å². The molecule has 0 saturated carbocycles. The van der Waals surface area contributed by atoms with Crippen molar-refractivity contribution in [2.75, 3.05) is 6.61 Å². The van der Waals surface area contributed by atoms with Gasteiger partial charge in [-0.15, -0.1) is 0 Å². The van der Waals surface area contributed by atoms with Crippen LogP contribution in [0.2, 0.25) is 10.0 Å². The highest BCUT2D eigenvalue weighted by Crippen LogP contribution is 2.21. The average molecular weight is 245 g/mol. The van der Waals surface area contributed by atoms with E-state index in [0.717, 1.165) is 0 Å². The molecule has 0 unspecified atom stereocenters. The maximum atomic E-state index is 11.0. The highest BCUT2D eigenvalue weighted by atomic mass is 35.5. The molecule has 4 heteroatoms. The number of carbonyl (C=O) groups excluding carboxylic acids is 1. The van der Waals surface area contributed by atoms with Crippen molar-refractivity contribution in [3.8, 4) is 0 Å². The van der Waals surface area contributed by atoms with Crippen LogP contribution < -0.4 is 0 Å². The van der Waals surface area contributed by atoms with E-state index in [1.807, 2.05) is 0 Å². The van der Waals surface area contributed by atoms with Gasteiger partial charge >= 0.3 is 5.97 Å². The van der Waals surface area contributed by atoms with Crippen LogP contribution >= 0.6 is 23.2 Å². The first-order valence-electron chi connectivity index (χ1n) is 4.43. The molecule has 2 nitrogen and oxygen atoms in total. The molecule has 1 aromatic carbocycles. The van der Waals surface area contributed by atoms with E-state index >= 15 is 0 Å². The molecule has 15 heavy (non-hydrogen) atoms. The maximum Gasteiger partial charge on any atom is 0.330 e. The Morgan fingerprint density at radius 1 is 1.47 bits per heavy atom. The lowest BCUT2D eigenvalue weighted by molar-refractivity contribution is -0.137. The third kappa shape index (κ3) is 3.94. The standard InChI is InChI=1S/C11H10Cl2O2/c1-2-15-11(14)6-3-8-7-9(12)4-5-10(8)13/h3-7H,2H2,1H3/b6-3+.